The third-order valence-corrected chi connectivity index (χ3v) is 3.75. The van der Waals surface area contributed by atoms with Crippen molar-refractivity contribution >= 4 is 17.3 Å². The predicted molar refractivity (Wildman–Crippen MR) is 79.2 cm³/mol. The van der Waals surface area contributed by atoms with E-state index < -0.39 is 0 Å². The molecular formula is C14H21N3S. The average Bonchev–Trinajstić information content (AvgIpc) is 2.78. The van der Waals surface area contributed by atoms with Gasteiger partial charge >= 0.3 is 0 Å². The lowest BCUT2D eigenvalue weighted by atomic mass is 10.0. The van der Waals surface area contributed by atoms with Gasteiger partial charge in [-0.3, -0.25) is 4.90 Å². The summed E-state index contributed by atoms with van der Waals surface area (Å²) in [5.41, 5.74) is 6.91. The second-order valence-corrected chi connectivity index (χ2v) is 5.51. The molecule has 1 fully saturated rings. The topological polar surface area (TPSA) is 41.3 Å². The molecule has 2 atom stereocenters. The molecule has 1 saturated heterocycles. The molecule has 0 saturated carbocycles. The van der Waals surface area contributed by atoms with E-state index >= 15 is 0 Å². The summed E-state index contributed by atoms with van der Waals surface area (Å²) in [5.74, 6) is 0.634. The van der Waals surface area contributed by atoms with E-state index in [1.807, 2.05) is 0 Å². The Morgan fingerprint density at radius 2 is 2.22 bits per heavy atom. The minimum absolute atomic E-state index is 0.364. The Bertz CT molecular complexity index is 393. The summed E-state index contributed by atoms with van der Waals surface area (Å²) >= 11 is 4.89. The first-order valence-corrected chi connectivity index (χ1v) is 6.88. The molecule has 2 unspecified atom stereocenters. The Balaban J connectivity index is 1.83. The van der Waals surface area contributed by atoms with Gasteiger partial charge in [-0.2, -0.15) is 0 Å². The molecular weight excluding hydrogens is 242 g/mol. The first kappa shape index (κ1) is 13.3. The van der Waals surface area contributed by atoms with Crippen LogP contribution in [-0.4, -0.2) is 29.1 Å². The van der Waals surface area contributed by atoms with Crippen molar-refractivity contribution < 1.29 is 0 Å². The van der Waals surface area contributed by atoms with Gasteiger partial charge in [-0.1, -0.05) is 30.3 Å². The quantitative estimate of drug-likeness (QED) is 0.812. The molecule has 1 aromatic carbocycles. The molecule has 0 radical (unpaired) electrons. The minimum atomic E-state index is 0.364. The second kappa shape index (κ2) is 6.16. The third kappa shape index (κ3) is 3.68. The average molecular weight is 263 g/mol. The van der Waals surface area contributed by atoms with Gasteiger partial charge in [-0.25, -0.2) is 0 Å². The fourth-order valence-electron chi connectivity index (χ4n) is 2.60. The Kier molecular flexibility index (Phi) is 4.55. The van der Waals surface area contributed by atoms with Crippen molar-refractivity contribution in [1.29, 1.82) is 0 Å². The Morgan fingerprint density at radius 3 is 2.89 bits per heavy atom. The molecule has 1 aliphatic heterocycles. The van der Waals surface area contributed by atoms with Gasteiger partial charge < -0.3 is 11.1 Å². The van der Waals surface area contributed by atoms with E-state index in [4.69, 9.17) is 18.0 Å². The van der Waals surface area contributed by atoms with Gasteiger partial charge in [-0.05, 0) is 43.6 Å². The van der Waals surface area contributed by atoms with Crippen molar-refractivity contribution in [1.82, 2.24) is 10.2 Å². The molecule has 3 nitrogen and oxygen atoms in total. The Hall–Kier alpha value is -1.13. The van der Waals surface area contributed by atoms with Crippen LogP contribution < -0.4 is 11.1 Å². The Labute approximate surface area is 114 Å². The van der Waals surface area contributed by atoms with Gasteiger partial charge in [0.15, 0.2) is 5.11 Å². The van der Waals surface area contributed by atoms with Crippen LogP contribution in [0.25, 0.3) is 0 Å². The first-order valence-electron chi connectivity index (χ1n) is 6.47. The maximum atomic E-state index is 5.53. The van der Waals surface area contributed by atoms with E-state index in [2.05, 4.69) is 47.5 Å². The number of likely N-dealkylation sites (tertiary alicyclic amines) is 1. The fourth-order valence-corrected chi connectivity index (χ4v) is 2.78. The normalized spacial score (nSPS) is 21.7. The monoisotopic (exact) mass is 263 g/mol. The van der Waals surface area contributed by atoms with Crippen molar-refractivity contribution in [3.05, 3.63) is 35.9 Å². The Morgan fingerprint density at radius 1 is 1.50 bits per heavy atom. The lowest BCUT2D eigenvalue weighted by Gasteiger charge is -2.21. The van der Waals surface area contributed by atoms with Crippen molar-refractivity contribution in [2.75, 3.05) is 13.1 Å². The van der Waals surface area contributed by atoms with Crippen molar-refractivity contribution in [3.8, 4) is 0 Å². The van der Waals surface area contributed by atoms with Gasteiger partial charge in [0.05, 0.1) is 0 Å². The highest BCUT2D eigenvalue weighted by molar-refractivity contribution is 7.80. The van der Waals surface area contributed by atoms with Crippen LogP contribution in [0.15, 0.2) is 30.3 Å². The lowest BCUT2D eigenvalue weighted by Crippen LogP contribution is -2.41. The standard InChI is InChI=1S/C14H21N3S/c1-11(16-14(15)18)13-7-8-17(10-13)9-12-5-3-2-4-6-12/h2-6,11,13H,7-10H2,1H3,(H3,15,16,18). The van der Waals surface area contributed by atoms with Crippen LogP contribution in [0.5, 0.6) is 0 Å². The summed E-state index contributed by atoms with van der Waals surface area (Å²) in [6, 6.07) is 11.0. The van der Waals surface area contributed by atoms with Crippen LogP contribution >= 0.6 is 12.2 Å². The summed E-state index contributed by atoms with van der Waals surface area (Å²) in [4.78, 5) is 2.50. The first-order chi connectivity index (χ1) is 8.65. The van der Waals surface area contributed by atoms with Crippen LogP contribution in [0, 0.1) is 5.92 Å². The molecule has 0 amide bonds. The van der Waals surface area contributed by atoms with Crippen LogP contribution in [0.4, 0.5) is 0 Å². The SMILES string of the molecule is CC(NC(N)=S)C1CCN(Cc2ccccc2)C1. The number of hydrogen-bond donors (Lipinski definition) is 2. The molecule has 1 heterocycles. The smallest absolute Gasteiger partial charge is 0.163 e. The molecule has 1 aromatic rings. The molecule has 18 heavy (non-hydrogen) atoms. The summed E-state index contributed by atoms with van der Waals surface area (Å²) in [6.45, 7) is 5.47. The number of hydrogen-bond acceptors (Lipinski definition) is 2. The van der Waals surface area contributed by atoms with Crippen molar-refractivity contribution in [2.24, 2.45) is 11.7 Å². The zero-order valence-corrected chi connectivity index (χ0v) is 11.6. The maximum absolute atomic E-state index is 5.53. The van der Waals surface area contributed by atoms with Crippen LogP contribution in [-0.2, 0) is 6.54 Å². The van der Waals surface area contributed by atoms with E-state index in [9.17, 15) is 0 Å². The molecule has 0 spiro atoms. The van der Waals surface area contributed by atoms with Crippen LogP contribution in [0.2, 0.25) is 0 Å². The molecule has 2 rings (SSSR count). The summed E-state index contributed by atoms with van der Waals surface area (Å²) in [6.07, 6.45) is 1.21. The largest absolute Gasteiger partial charge is 0.376 e. The van der Waals surface area contributed by atoms with E-state index in [-0.39, 0.29) is 0 Å². The van der Waals surface area contributed by atoms with Crippen LogP contribution in [0.3, 0.4) is 0 Å². The number of rotatable bonds is 4. The highest BCUT2D eigenvalue weighted by Crippen LogP contribution is 2.21. The molecule has 0 aromatic heterocycles. The summed E-state index contributed by atoms with van der Waals surface area (Å²) in [5, 5.41) is 3.56. The van der Waals surface area contributed by atoms with Gasteiger partial charge in [0.2, 0.25) is 0 Å². The fraction of sp³-hybridized carbons (Fsp3) is 0.500. The number of nitrogens with two attached hydrogens (primary N) is 1. The number of thiocarbonyl (C=S) groups is 1. The molecule has 0 aliphatic carbocycles. The number of benzene rings is 1. The molecule has 0 bridgehead atoms. The predicted octanol–water partition coefficient (Wildman–Crippen LogP) is 1.73. The minimum Gasteiger partial charge on any atom is -0.376 e. The molecule has 98 valence electrons. The van der Waals surface area contributed by atoms with Gasteiger partial charge in [0.1, 0.15) is 0 Å². The van der Waals surface area contributed by atoms with Crippen molar-refractivity contribution in [2.45, 2.75) is 25.9 Å². The molecule has 1 aliphatic rings. The van der Waals surface area contributed by atoms with Crippen LogP contribution in [0.1, 0.15) is 18.9 Å². The van der Waals surface area contributed by atoms with E-state index in [1.165, 1.54) is 12.0 Å². The summed E-state index contributed by atoms with van der Waals surface area (Å²) in [7, 11) is 0. The van der Waals surface area contributed by atoms with Gasteiger partial charge in [0.25, 0.3) is 0 Å². The van der Waals surface area contributed by atoms with E-state index in [1.54, 1.807) is 0 Å². The highest BCUT2D eigenvalue weighted by atomic mass is 32.1. The number of nitrogens with zero attached hydrogens (tertiary/aromatic N) is 1. The van der Waals surface area contributed by atoms with Gasteiger partial charge in [-0.15, -0.1) is 0 Å². The number of nitrogens with one attached hydrogen (secondary N) is 1. The zero-order valence-electron chi connectivity index (χ0n) is 10.8. The second-order valence-electron chi connectivity index (χ2n) is 5.07. The highest BCUT2D eigenvalue weighted by Gasteiger charge is 2.26. The molecule has 4 heteroatoms. The summed E-state index contributed by atoms with van der Waals surface area (Å²) < 4.78 is 0. The third-order valence-electron chi connectivity index (χ3n) is 3.63. The lowest BCUT2D eigenvalue weighted by molar-refractivity contribution is 0.304. The maximum Gasteiger partial charge on any atom is 0.163 e. The van der Waals surface area contributed by atoms with Crippen molar-refractivity contribution in [3.63, 3.8) is 0 Å². The van der Waals surface area contributed by atoms with Gasteiger partial charge in [0, 0.05) is 19.1 Å². The van der Waals surface area contributed by atoms with E-state index in [0.29, 0.717) is 17.1 Å². The van der Waals surface area contributed by atoms with E-state index in [0.717, 1.165) is 19.6 Å². The molecule has 3 N–H and O–H groups in total. The zero-order chi connectivity index (χ0) is 13.0.